The van der Waals surface area contributed by atoms with Crippen LogP contribution in [0, 0.1) is 0 Å². The monoisotopic (exact) mass is 277 g/mol. The standard InChI is InChI=1S/C15H19NO4/c1-11(17)12-6-8-13(9-7-12)15(20)16-10-4-2-3-5-14(18)19/h6-9H,2-5,10H2,1H3,(H,16,20)(H,18,19). The molecule has 5 heteroatoms. The van der Waals surface area contributed by atoms with Crippen LogP contribution in [0.1, 0.15) is 53.3 Å². The molecule has 0 atom stereocenters. The molecule has 1 amide bonds. The minimum atomic E-state index is -0.792. The highest BCUT2D eigenvalue weighted by atomic mass is 16.4. The number of hydrogen-bond donors (Lipinski definition) is 2. The van der Waals surface area contributed by atoms with E-state index < -0.39 is 5.97 Å². The van der Waals surface area contributed by atoms with Gasteiger partial charge in [0, 0.05) is 24.1 Å². The zero-order valence-electron chi connectivity index (χ0n) is 11.5. The highest BCUT2D eigenvalue weighted by molar-refractivity contribution is 5.97. The van der Waals surface area contributed by atoms with Gasteiger partial charge in [-0.15, -0.1) is 0 Å². The second-order valence-corrected chi connectivity index (χ2v) is 4.59. The Hall–Kier alpha value is -2.17. The second-order valence-electron chi connectivity index (χ2n) is 4.59. The number of unbranched alkanes of at least 4 members (excludes halogenated alkanes) is 2. The molecule has 0 heterocycles. The van der Waals surface area contributed by atoms with Gasteiger partial charge in [-0.25, -0.2) is 0 Å². The van der Waals surface area contributed by atoms with Crippen molar-refractivity contribution in [2.75, 3.05) is 6.54 Å². The fourth-order valence-electron chi connectivity index (χ4n) is 1.74. The van der Waals surface area contributed by atoms with Crippen LogP contribution < -0.4 is 5.32 Å². The molecule has 108 valence electrons. The maximum Gasteiger partial charge on any atom is 0.303 e. The molecule has 0 aliphatic carbocycles. The zero-order chi connectivity index (χ0) is 15.0. The molecule has 0 saturated carbocycles. The number of nitrogens with one attached hydrogen (secondary N) is 1. The minimum Gasteiger partial charge on any atom is -0.481 e. The fourth-order valence-corrected chi connectivity index (χ4v) is 1.74. The summed E-state index contributed by atoms with van der Waals surface area (Å²) < 4.78 is 0. The molecule has 0 fully saturated rings. The first-order valence-electron chi connectivity index (χ1n) is 6.61. The third-order valence-corrected chi connectivity index (χ3v) is 2.91. The molecule has 0 aliphatic heterocycles. The lowest BCUT2D eigenvalue weighted by Gasteiger charge is -2.05. The molecular weight excluding hydrogens is 258 g/mol. The molecule has 0 unspecified atom stereocenters. The average molecular weight is 277 g/mol. The first-order valence-corrected chi connectivity index (χ1v) is 6.61. The van der Waals surface area contributed by atoms with E-state index in [1.54, 1.807) is 24.3 Å². The van der Waals surface area contributed by atoms with Crippen LogP contribution in [0.2, 0.25) is 0 Å². The number of carbonyl (C=O) groups excluding carboxylic acids is 2. The second kappa shape index (κ2) is 8.09. The van der Waals surface area contributed by atoms with Crippen LogP contribution in [0.5, 0.6) is 0 Å². The van der Waals surface area contributed by atoms with Crippen molar-refractivity contribution in [2.24, 2.45) is 0 Å². The molecular formula is C15H19NO4. The van der Waals surface area contributed by atoms with Crippen molar-refractivity contribution in [1.29, 1.82) is 0 Å². The lowest BCUT2D eigenvalue weighted by atomic mass is 10.1. The van der Waals surface area contributed by atoms with E-state index in [9.17, 15) is 14.4 Å². The van der Waals surface area contributed by atoms with E-state index in [-0.39, 0.29) is 18.1 Å². The van der Waals surface area contributed by atoms with Crippen LogP contribution in [0.4, 0.5) is 0 Å². The van der Waals surface area contributed by atoms with E-state index in [1.807, 2.05) is 0 Å². The summed E-state index contributed by atoms with van der Waals surface area (Å²) in [7, 11) is 0. The smallest absolute Gasteiger partial charge is 0.303 e. The molecule has 0 spiro atoms. The average Bonchev–Trinajstić information content (AvgIpc) is 2.42. The van der Waals surface area contributed by atoms with Crippen molar-refractivity contribution < 1.29 is 19.5 Å². The van der Waals surface area contributed by atoms with Gasteiger partial charge in [0.05, 0.1) is 0 Å². The van der Waals surface area contributed by atoms with Crippen LogP contribution in [0.3, 0.4) is 0 Å². The number of carbonyl (C=O) groups is 3. The SMILES string of the molecule is CC(=O)c1ccc(C(=O)NCCCCCC(=O)O)cc1. The number of benzene rings is 1. The number of amides is 1. The largest absolute Gasteiger partial charge is 0.481 e. The van der Waals surface area contributed by atoms with Gasteiger partial charge in [0.2, 0.25) is 0 Å². The van der Waals surface area contributed by atoms with Gasteiger partial charge in [0.15, 0.2) is 5.78 Å². The molecule has 20 heavy (non-hydrogen) atoms. The third-order valence-electron chi connectivity index (χ3n) is 2.91. The first kappa shape index (κ1) is 15.9. The van der Waals surface area contributed by atoms with E-state index in [2.05, 4.69) is 5.32 Å². The fraction of sp³-hybridized carbons (Fsp3) is 0.400. The molecule has 0 aromatic heterocycles. The Balaban J connectivity index is 2.29. The molecule has 0 saturated heterocycles. The van der Waals surface area contributed by atoms with Gasteiger partial charge in [0.1, 0.15) is 0 Å². The number of hydrogen-bond acceptors (Lipinski definition) is 3. The van der Waals surface area contributed by atoms with Gasteiger partial charge < -0.3 is 10.4 Å². The number of ketones is 1. The number of aliphatic carboxylic acids is 1. The highest BCUT2D eigenvalue weighted by Crippen LogP contribution is 2.05. The summed E-state index contributed by atoms with van der Waals surface area (Å²) in [6, 6.07) is 6.50. The van der Waals surface area contributed by atoms with Gasteiger partial charge in [-0.2, -0.15) is 0 Å². The molecule has 0 aliphatic rings. The quantitative estimate of drug-likeness (QED) is 0.564. The predicted octanol–water partition coefficient (Wildman–Crippen LogP) is 2.26. The Bertz CT molecular complexity index is 479. The van der Waals surface area contributed by atoms with Gasteiger partial charge in [-0.05, 0) is 31.9 Å². The van der Waals surface area contributed by atoms with Crippen molar-refractivity contribution in [1.82, 2.24) is 5.32 Å². The zero-order valence-corrected chi connectivity index (χ0v) is 11.5. The van der Waals surface area contributed by atoms with E-state index in [4.69, 9.17) is 5.11 Å². The summed E-state index contributed by atoms with van der Waals surface area (Å²) in [5, 5.41) is 11.2. The summed E-state index contributed by atoms with van der Waals surface area (Å²) in [4.78, 5) is 33.2. The van der Waals surface area contributed by atoms with Crippen molar-refractivity contribution in [3.8, 4) is 0 Å². The van der Waals surface area contributed by atoms with E-state index in [0.29, 0.717) is 24.1 Å². The normalized spacial score (nSPS) is 10.1. The summed E-state index contributed by atoms with van der Waals surface area (Å²) in [6.07, 6.45) is 2.32. The Morgan fingerprint density at radius 1 is 1.00 bits per heavy atom. The van der Waals surface area contributed by atoms with Crippen LogP contribution in [-0.4, -0.2) is 29.3 Å². The van der Waals surface area contributed by atoms with Crippen molar-refractivity contribution in [3.63, 3.8) is 0 Å². The summed E-state index contributed by atoms with van der Waals surface area (Å²) in [5.41, 5.74) is 1.09. The third kappa shape index (κ3) is 5.65. The lowest BCUT2D eigenvalue weighted by Crippen LogP contribution is -2.24. The Kier molecular flexibility index (Phi) is 6.43. The maximum atomic E-state index is 11.8. The van der Waals surface area contributed by atoms with Crippen molar-refractivity contribution in [3.05, 3.63) is 35.4 Å². The summed E-state index contributed by atoms with van der Waals surface area (Å²) in [6.45, 7) is 2.00. The van der Waals surface area contributed by atoms with Crippen LogP contribution in [-0.2, 0) is 4.79 Å². The van der Waals surface area contributed by atoms with Gasteiger partial charge in [-0.1, -0.05) is 18.6 Å². The van der Waals surface area contributed by atoms with Gasteiger partial charge in [0.25, 0.3) is 5.91 Å². The highest BCUT2D eigenvalue weighted by Gasteiger charge is 2.06. The molecule has 0 radical (unpaired) electrons. The maximum absolute atomic E-state index is 11.8. The molecule has 2 N–H and O–H groups in total. The first-order chi connectivity index (χ1) is 9.50. The van der Waals surface area contributed by atoms with E-state index in [0.717, 1.165) is 12.8 Å². The topological polar surface area (TPSA) is 83.5 Å². The van der Waals surface area contributed by atoms with Gasteiger partial charge in [-0.3, -0.25) is 14.4 Å². The lowest BCUT2D eigenvalue weighted by molar-refractivity contribution is -0.137. The predicted molar refractivity (Wildman–Crippen MR) is 74.9 cm³/mol. The molecule has 0 bridgehead atoms. The summed E-state index contributed by atoms with van der Waals surface area (Å²) >= 11 is 0. The molecule has 1 aromatic rings. The van der Waals surface area contributed by atoms with Crippen LogP contribution in [0.25, 0.3) is 0 Å². The number of carboxylic acids is 1. The van der Waals surface area contributed by atoms with E-state index >= 15 is 0 Å². The van der Waals surface area contributed by atoms with Crippen molar-refractivity contribution in [2.45, 2.75) is 32.6 Å². The molecule has 1 aromatic carbocycles. The van der Waals surface area contributed by atoms with Crippen molar-refractivity contribution >= 4 is 17.7 Å². The summed E-state index contributed by atoms with van der Waals surface area (Å²) in [5.74, 6) is -1.01. The Morgan fingerprint density at radius 3 is 2.15 bits per heavy atom. The number of Topliss-reactive ketones (excluding diaryl/α,β-unsaturated/α-hetero) is 1. The van der Waals surface area contributed by atoms with Gasteiger partial charge >= 0.3 is 5.97 Å². The van der Waals surface area contributed by atoms with E-state index in [1.165, 1.54) is 6.92 Å². The number of rotatable bonds is 8. The minimum absolute atomic E-state index is 0.0320. The van der Waals surface area contributed by atoms with Crippen LogP contribution in [0.15, 0.2) is 24.3 Å². The molecule has 1 rings (SSSR count). The Morgan fingerprint density at radius 2 is 1.60 bits per heavy atom. The number of carboxylic acid groups (broad SMARTS) is 1. The molecule has 5 nitrogen and oxygen atoms in total. The van der Waals surface area contributed by atoms with Crippen LogP contribution >= 0.6 is 0 Å². The Labute approximate surface area is 118 Å².